The third-order valence-corrected chi connectivity index (χ3v) is 2.24. The van der Waals surface area contributed by atoms with Crippen molar-refractivity contribution in [2.24, 2.45) is 0 Å². The first-order chi connectivity index (χ1) is 5.97. The molecule has 0 aromatic carbocycles. The van der Waals surface area contributed by atoms with Gasteiger partial charge < -0.3 is 19.3 Å². The summed E-state index contributed by atoms with van der Waals surface area (Å²) in [5.41, 5.74) is 0. The number of hydrogen-bond acceptors (Lipinski definition) is 5. The molecule has 3 unspecified atom stereocenters. The number of rotatable bonds is 1. The number of aliphatic hydroxyl groups is 1. The molecule has 2 aliphatic heterocycles. The Bertz CT molecular complexity index is 239. The van der Waals surface area contributed by atoms with Crippen molar-refractivity contribution in [1.82, 2.24) is 0 Å². The molecule has 0 aliphatic carbocycles. The van der Waals surface area contributed by atoms with E-state index in [1.807, 2.05) is 0 Å². The molecule has 3 atom stereocenters. The van der Waals surface area contributed by atoms with Gasteiger partial charge in [0.1, 0.15) is 6.10 Å². The fraction of sp³-hybridized carbons (Fsp3) is 0.875. The van der Waals surface area contributed by atoms with Crippen molar-refractivity contribution >= 4 is 6.29 Å². The maximum Gasteiger partial charge on any atom is 0.253 e. The van der Waals surface area contributed by atoms with Crippen LogP contribution in [0.15, 0.2) is 0 Å². The lowest BCUT2D eigenvalue weighted by molar-refractivity contribution is -0.242. The molecule has 2 heterocycles. The van der Waals surface area contributed by atoms with E-state index in [1.165, 1.54) is 0 Å². The second-order valence-corrected chi connectivity index (χ2v) is 3.78. The van der Waals surface area contributed by atoms with E-state index in [9.17, 15) is 9.90 Å². The average molecular weight is 188 g/mol. The summed E-state index contributed by atoms with van der Waals surface area (Å²) in [5.74, 6) is -2.59. The van der Waals surface area contributed by atoms with Gasteiger partial charge in [-0.3, -0.25) is 4.79 Å². The molecule has 2 fully saturated rings. The molecule has 1 N–H and O–H groups in total. The van der Waals surface area contributed by atoms with Gasteiger partial charge in [-0.15, -0.1) is 0 Å². The summed E-state index contributed by atoms with van der Waals surface area (Å²) in [6.45, 7) is 3.65. The van der Waals surface area contributed by atoms with E-state index in [2.05, 4.69) is 0 Å². The maximum absolute atomic E-state index is 10.6. The van der Waals surface area contributed by atoms with Gasteiger partial charge in [0.25, 0.3) is 5.79 Å². The van der Waals surface area contributed by atoms with Crippen LogP contribution in [0.4, 0.5) is 0 Å². The minimum atomic E-state index is -1.83. The van der Waals surface area contributed by atoms with Crippen LogP contribution in [0.3, 0.4) is 0 Å². The predicted molar refractivity (Wildman–Crippen MR) is 40.8 cm³/mol. The quantitative estimate of drug-likeness (QED) is 0.558. The fourth-order valence-electron chi connectivity index (χ4n) is 1.71. The van der Waals surface area contributed by atoms with Gasteiger partial charge in [0.05, 0.1) is 6.61 Å². The minimum absolute atomic E-state index is 0.184. The van der Waals surface area contributed by atoms with Crippen LogP contribution in [0.25, 0.3) is 0 Å². The van der Waals surface area contributed by atoms with Gasteiger partial charge >= 0.3 is 0 Å². The van der Waals surface area contributed by atoms with Crippen molar-refractivity contribution in [3.8, 4) is 0 Å². The Hall–Kier alpha value is -0.490. The first kappa shape index (κ1) is 9.08. The molecule has 2 aliphatic rings. The Morgan fingerprint density at radius 1 is 1.46 bits per heavy atom. The van der Waals surface area contributed by atoms with E-state index in [0.29, 0.717) is 6.29 Å². The van der Waals surface area contributed by atoms with E-state index in [1.54, 1.807) is 13.8 Å². The van der Waals surface area contributed by atoms with Gasteiger partial charge in [0.2, 0.25) is 0 Å². The van der Waals surface area contributed by atoms with Crippen LogP contribution < -0.4 is 0 Å². The summed E-state index contributed by atoms with van der Waals surface area (Å²) < 4.78 is 15.6. The van der Waals surface area contributed by atoms with Gasteiger partial charge in [0, 0.05) is 0 Å². The Labute approximate surface area is 75.6 Å². The van der Waals surface area contributed by atoms with Gasteiger partial charge in [-0.25, -0.2) is 0 Å². The third kappa shape index (κ3) is 1.28. The van der Waals surface area contributed by atoms with Crippen molar-refractivity contribution in [2.45, 2.75) is 37.6 Å². The van der Waals surface area contributed by atoms with Crippen molar-refractivity contribution in [3.05, 3.63) is 0 Å². The third-order valence-electron chi connectivity index (χ3n) is 2.24. The van der Waals surface area contributed by atoms with E-state index < -0.39 is 17.7 Å². The lowest BCUT2D eigenvalue weighted by Gasteiger charge is -2.23. The number of hydrogen-bond donors (Lipinski definition) is 1. The largest absolute Gasteiger partial charge is 0.358 e. The Morgan fingerprint density at radius 2 is 2.15 bits per heavy atom. The monoisotopic (exact) mass is 188 g/mol. The highest BCUT2D eigenvalue weighted by Crippen LogP contribution is 2.38. The van der Waals surface area contributed by atoms with Gasteiger partial charge in [-0.1, -0.05) is 0 Å². The van der Waals surface area contributed by atoms with Crippen LogP contribution in [0.5, 0.6) is 0 Å². The zero-order chi connectivity index (χ0) is 9.69. The fourth-order valence-corrected chi connectivity index (χ4v) is 1.71. The molecule has 2 rings (SSSR count). The molecule has 74 valence electrons. The average Bonchev–Trinajstić information content (AvgIpc) is 2.49. The topological polar surface area (TPSA) is 65.0 Å². The highest BCUT2D eigenvalue weighted by Gasteiger charge is 2.58. The molecular formula is C8H12O5. The van der Waals surface area contributed by atoms with Crippen LogP contribution in [0, 0.1) is 0 Å². The summed E-state index contributed by atoms with van der Waals surface area (Å²) in [4.78, 5) is 10.6. The second kappa shape index (κ2) is 2.51. The highest BCUT2D eigenvalue weighted by atomic mass is 16.8. The molecule has 0 spiro atoms. The van der Waals surface area contributed by atoms with E-state index in [-0.39, 0.29) is 12.7 Å². The molecule has 0 saturated carbocycles. The predicted octanol–water partition coefficient (Wildman–Crippen LogP) is -0.576. The number of carbonyl (C=O) groups excluding carboxylic acids is 1. The maximum atomic E-state index is 10.6. The summed E-state index contributed by atoms with van der Waals surface area (Å²) in [6, 6.07) is 0. The van der Waals surface area contributed by atoms with Gasteiger partial charge in [0.15, 0.2) is 18.2 Å². The molecular weight excluding hydrogens is 176 g/mol. The molecule has 5 nitrogen and oxygen atoms in total. The smallest absolute Gasteiger partial charge is 0.253 e. The molecule has 5 heteroatoms. The van der Waals surface area contributed by atoms with Crippen molar-refractivity contribution < 1.29 is 24.1 Å². The Kier molecular flexibility index (Phi) is 1.75. The van der Waals surface area contributed by atoms with Crippen LogP contribution >= 0.6 is 0 Å². The number of aldehydes is 1. The second-order valence-electron chi connectivity index (χ2n) is 3.78. The molecule has 2 saturated heterocycles. The van der Waals surface area contributed by atoms with Gasteiger partial charge in [-0.2, -0.15) is 0 Å². The minimum Gasteiger partial charge on any atom is -0.358 e. The summed E-state index contributed by atoms with van der Waals surface area (Å²) in [7, 11) is 0. The van der Waals surface area contributed by atoms with Crippen LogP contribution in [0.2, 0.25) is 0 Å². The van der Waals surface area contributed by atoms with Gasteiger partial charge in [-0.05, 0) is 13.8 Å². The highest BCUT2D eigenvalue weighted by molar-refractivity contribution is 5.62. The normalized spacial score (nSPS) is 47.6. The lowest BCUT2D eigenvalue weighted by atomic mass is 10.1. The number of carbonyl (C=O) groups is 1. The summed E-state index contributed by atoms with van der Waals surface area (Å²) in [5, 5.41) is 9.61. The number of fused-ring (bicyclic) bond motifs is 1. The molecule has 0 amide bonds. The zero-order valence-corrected chi connectivity index (χ0v) is 7.52. The SMILES string of the molecule is CC1(C)OC2COC(O)(C=O)C2O1. The number of ether oxygens (including phenoxy) is 3. The first-order valence-corrected chi connectivity index (χ1v) is 4.15. The Morgan fingerprint density at radius 3 is 2.77 bits per heavy atom. The summed E-state index contributed by atoms with van der Waals surface area (Å²) in [6.07, 6.45) is -0.715. The molecule has 0 radical (unpaired) electrons. The van der Waals surface area contributed by atoms with Crippen LogP contribution in [-0.2, 0) is 19.0 Å². The molecule has 0 bridgehead atoms. The van der Waals surface area contributed by atoms with E-state index >= 15 is 0 Å². The first-order valence-electron chi connectivity index (χ1n) is 4.15. The Balaban J connectivity index is 2.21. The molecule has 13 heavy (non-hydrogen) atoms. The van der Waals surface area contributed by atoms with Crippen molar-refractivity contribution in [1.29, 1.82) is 0 Å². The van der Waals surface area contributed by atoms with Crippen molar-refractivity contribution in [2.75, 3.05) is 6.61 Å². The van der Waals surface area contributed by atoms with E-state index in [4.69, 9.17) is 14.2 Å². The molecule has 0 aromatic rings. The molecule has 0 aromatic heterocycles. The van der Waals surface area contributed by atoms with Crippen LogP contribution in [0.1, 0.15) is 13.8 Å². The zero-order valence-electron chi connectivity index (χ0n) is 7.52. The van der Waals surface area contributed by atoms with Crippen molar-refractivity contribution in [3.63, 3.8) is 0 Å². The lowest BCUT2D eigenvalue weighted by Crippen LogP contribution is -2.44. The van der Waals surface area contributed by atoms with E-state index in [0.717, 1.165) is 0 Å². The van der Waals surface area contributed by atoms with Crippen LogP contribution in [-0.4, -0.2) is 41.8 Å². The standard InChI is InChI=1S/C8H12O5/c1-7(2)12-5-3-11-8(10,4-9)6(5)13-7/h4-6,10H,3H2,1-2H3. The summed E-state index contributed by atoms with van der Waals surface area (Å²) >= 11 is 0.